The zero-order valence-corrected chi connectivity index (χ0v) is 6.32. The second-order valence-corrected chi connectivity index (χ2v) is 2.48. The molecule has 0 saturated heterocycles. The van der Waals surface area contributed by atoms with Gasteiger partial charge < -0.3 is 15.3 Å². The lowest BCUT2D eigenvalue weighted by atomic mass is 10.1. The fraction of sp³-hybridized carbons (Fsp3) is 1.00. The molecular formula is C7H16O3. The van der Waals surface area contributed by atoms with Gasteiger partial charge in [-0.2, -0.15) is 0 Å². The summed E-state index contributed by atoms with van der Waals surface area (Å²) in [7, 11) is 0. The zero-order chi connectivity index (χ0) is 7.98. The Morgan fingerprint density at radius 1 is 1.10 bits per heavy atom. The Morgan fingerprint density at radius 3 is 2.00 bits per heavy atom. The molecule has 0 bridgehead atoms. The lowest BCUT2D eigenvalue weighted by Gasteiger charge is -2.09. The van der Waals surface area contributed by atoms with Gasteiger partial charge in [0.1, 0.15) is 0 Å². The van der Waals surface area contributed by atoms with E-state index in [-0.39, 0.29) is 12.7 Å². The fourth-order valence-corrected chi connectivity index (χ4v) is 0.680. The van der Waals surface area contributed by atoms with Crippen LogP contribution >= 0.6 is 0 Å². The average Bonchev–Trinajstić information content (AvgIpc) is 1.99. The summed E-state index contributed by atoms with van der Waals surface area (Å²) >= 11 is 0. The summed E-state index contributed by atoms with van der Waals surface area (Å²) in [6.45, 7) is 1.67. The van der Waals surface area contributed by atoms with Crippen LogP contribution in [0.5, 0.6) is 0 Å². The van der Waals surface area contributed by atoms with Gasteiger partial charge in [-0.3, -0.25) is 0 Å². The van der Waals surface area contributed by atoms with Crippen molar-refractivity contribution in [3.8, 4) is 0 Å². The van der Waals surface area contributed by atoms with Crippen LogP contribution in [-0.2, 0) is 0 Å². The van der Waals surface area contributed by atoms with Gasteiger partial charge in [0.05, 0.1) is 18.8 Å². The van der Waals surface area contributed by atoms with Crippen molar-refractivity contribution in [2.45, 2.75) is 38.4 Å². The molecule has 3 nitrogen and oxygen atoms in total. The predicted molar refractivity (Wildman–Crippen MR) is 38.6 cm³/mol. The Hall–Kier alpha value is -0.120. The first-order valence-electron chi connectivity index (χ1n) is 3.67. The molecule has 2 unspecified atom stereocenters. The minimum atomic E-state index is -0.666. The molecule has 0 saturated carbocycles. The van der Waals surface area contributed by atoms with Gasteiger partial charge in [-0.05, 0) is 19.3 Å². The molecule has 2 atom stereocenters. The lowest BCUT2D eigenvalue weighted by molar-refractivity contribution is 0.0677. The monoisotopic (exact) mass is 148 g/mol. The Balaban J connectivity index is 3.17. The van der Waals surface area contributed by atoms with Crippen LogP contribution in [0.1, 0.15) is 26.2 Å². The third kappa shape index (κ3) is 4.73. The number of hydrogen-bond donors (Lipinski definition) is 3. The van der Waals surface area contributed by atoms with Crippen LogP contribution in [0.3, 0.4) is 0 Å². The minimum Gasteiger partial charge on any atom is -0.394 e. The molecule has 0 aliphatic heterocycles. The minimum absolute atomic E-state index is 0.212. The van der Waals surface area contributed by atoms with Gasteiger partial charge in [-0.1, -0.05) is 6.92 Å². The van der Waals surface area contributed by atoms with Crippen LogP contribution in [0.4, 0.5) is 0 Å². The van der Waals surface area contributed by atoms with Gasteiger partial charge in [0.15, 0.2) is 0 Å². The van der Waals surface area contributed by atoms with E-state index in [1.807, 2.05) is 6.92 Å². The van der Waals surface area contributed by atoms with Crippen LogP contribution < -0.4 is 0 Å². The van der Waals surface area contributed by atoms with Gasteiger partial charge in [-0.15, -0.1) is 0 Å². The van der Waals surface area contributed by atoms with Crippen LogP contribution in [-0.4, -0.2) is 34.1 Å². The molecule has 0 spiro atoms. The van der Waals surface area contributed by atoms with E-state index < -0.39 is 6.10 Å². The zero-order valence-electron chi connectivity index (χ0n) is 6.32. The molecule has 0 aromatic carbocycles. The summed E-state index contributed by atoms with van der Waals surface area (Å²) < 4.78 is 0. The Morgan fingerprint density at radius 2 is 1.60 bits per heavy atom. The molecule has 0 aromatic heterocycles. The summed E-state index contributed by atoms with van der Waals surface area (Å²) in [6.07, 6.45) is 0.754. The van der Waals surface area contributed by atoms with Crippen LogP contribution in [0.2, 0.25) is 0 Å². The molecule has 0 aliphatic carbocycles. The highest BCUT2D eigenvalue weighted by atomic mass is 16.3. The van der Waals surface area contributed by atoms with E-state index in [1.54, 1.807) is 0 Å². The number of rotatable bonds is 5. The third-order valence-electron chi connectivity index (χ3n) is 1.52. The maximum absolute atomic E-state index is 9.01. The van der Waals surface area contributed by atoms with Gasteiger partial charge in [-0.25, -0.2) is 0 Å². The second kappa shape index (κ2) is 5.65. The van der Waals surface area contributed by atoms with Crippen molar-refractivity contribution in [2.75, 3.05) is 6.61 Å². The summed E-state index contributed by atoms with van der Waals surface area (Å²) in [5.74, 6) is 0. The van der Waals surface area contributed by atoms with Crippen LogP contribution in [0.25, 0.3) is 0 Å². The van der Waals surface area contributed by atoms with Gasteiger partial charge in [0.25, 0.3) is 0 Å². The van der Waals surface area contributed by atoms with Crippen molar-refractivity contribution < 1.29 is 15.3 Å². The van der Waals surface area contributed by atoms with E-state index in [4.69, 9.17) is 15.3 Å². The first-order chi connectivity index (χ1) is 4.70. The van der Waals surface area contributed by atoms with E-state index in [1.165, 1.54) is 0 Å². The van der Waals surface area contributed by atoms with Crippen molar-refractivity contribution in [2.24, 2.45) is 0 Å². The highest BCUT2D eigenvalue weighted by molar-refractivity contribution is 4.58. The highest BCUT2D eigenvalue weighted by Gasteiger charge is 2.05. The molecule has 0 aliphatic rings. The Kier molecular flexibility index (Phi) is 5.58. The standard InChI is InChI=1S/C7H16O3/c1-2-6(9)3-4-7(10)5-8/h6-10H,2-5H2,1H3. The fourth-order valence-electron chi connectivity index (χ4n) is 0.680. The molecule has 0 aromatic rings. The molecule has 0 rings (SSSR count). The maximum atomic E-state index is 9.01. The van der Waals surface area contributed by atoms with E-state index in [2.05, 4.69) is 0 Å². The smallest absolute Gasteiger partial charge is 0.0771 e. The maximum Gasteiger partial charge on any atom is 0.0771 e. The third-order valence-corrected chi connectivity index (χ3v) is 1.52. The quantitative estimate of drug-likeness (QED) is 0.510. The van der Waals surface area contributed by atoms with Crippen LogP contribution in [0, 0.1) is 0 Å². The molecule has 3 heteroatoms. The van der Waals surface area contributed by atoms with Crippen molar-refractivity contribution in [3.05, 3.63) is 0 Å². The second-order valence-electron chi connectivity index (χ2n) is 2.48. The van der Waals surface area contributed by atoms with E-state index in [0.29, 0.717) is 19.3 Å². The van der Waals surface area contributed by atoms with E-state index in [9.17, 15) is 0 Å². The number of aliphatic hydroxyl groups excluding tert-OH is 3. The molecule has 0 radical (unpaired) electrons. The molecular weight excluding hydrogens is 132 g/mol. The first kappa shape index (κ1) is 9.88. The van der Waals surface area contributed by atoms with Gasteiger partial charge in [0.2, 0.25) is 0 Å². The Bertz CT molecular complexity index is 65.3. The molecule has 0 fully saturated rings. The summed E-state index contributed by atoms with van der Waals surface area (Å²) in [5, 5.41) is 26.2. The van der Waals surface area contributed by atoms with Crippen molar-refractivity contribution >= 4 is 0 Å². The number of hydrogen-bond acceptors (Lipinski definition) is 3. The van der Waals surface area contributed by atoms with Gasteiger partial charge >= 0.3 is 0 Å². The summed E-state index contributed by atoms with van der Waals surface area (Å²) in [4.78, 5) is 0. The van der Waals surface area contributed by atoms with Gasteiger partial charge in [0, 0.05) is 0 Å². The topological polar surface area (TPSA) is 60.7 Å². The Labute approximate surface area is 61.3 Å². The largest absolute Gasteiger partial charge is 0.394 e. The van der Waals surface area contributed by atoms with Crippen molar-refractivity contribution in [1.29, 1.82) is 0 Å². The van der Waals surface area contributed by atoms with Crippen molar-refractivity contribution in [1.82, 2.24) is 0 Å². The lowest BCUT2D eigenvalue weighted by Crippen LogP contribution is -2.15. The molecule has 10 heavy (non-hydrogen) atoms. The average molecular weight is 148 g/mol. The number of aliphatic hydroxyl groups is 3. The highest BCUT2D eigenvalue weighted by Crippen LogP contribution is 2.03. The summed E-state index contributed by atoms with van der Waals surface area (Å²) in [5.41, 5.74) is 0. The molecule has 3 N–H and O–H groups in total. The summed E-state index contributed by atoms with van der Waals surface area (Å²) in [6, 6.07) is 0. The van der Waals surface area contributed by atoms with Crippen molar-refractivity contribution in [3.63, 3.8) is 0 Å². The SMILES string of the molecule is CCC(O)CCC(O)CO. The normalized spacial score (nSPS) is 16.8. The van der Waals surface area contributed by atoms with E-state index >= 15 is 0 Å². The first-order valence-corrected chi connectivity index (χ1v) is 3.67. The molecule has 0 amide bonds. The predicted octanol–water partition coefficient (Wildman–Crippen LogP) is -0.109. The van der Waals surface area contributed by atoms with E-state index in [0.717, 1.165) is 0 Å². The van der Waals surface area contributed by atoms with Crippen LogP contribution in [0.15, 0.2) is 0 Å². The molecule has 0 heterocycles. The molecule has 62 valence electrons.